The monoisotopic (exact) mass is 588 g/mol. The second-order valence-electron chi connectivity index (χ2n) is 8.22. The Morgan fingerprint density at radius 1 is 0.821 bits per heavy atom. The predicted octanol–water partition coefficient (Wildman–Crippen LogP) is 7.14. The molecule has 2 aliphatic heterocycles. The van der Waals surface area contributed by atoms with Crippen molar-refractivity contribution in [2.24, 2.45) is 9.98 Å². The van der Waals surface area contributed by atoms with Crippen LogP contribution in [0.3, 0.4) is 0 Å². The van der Waals surface area contributed by atoms with Crippen molar-refractivity contribution >= 4 is 87.2 Å². The molecule has 8 nitrogen and oxygen atoms in total. The van der Waals surface area contributed by atoms with E-state index in [4.69, 9.17) is 22.1 Å². The highest BCUT2D eigenvalue weighted by atomic mass is 35.5. The summed E-state index contributed by atoms with van der Waals surface area (Å²) in [5, 5.41) is 20.8. The zero-order chi connectivity index (χ0) is 27.2. The van der Waals surface area contributed by atoms with Crippen molar-refractivity contribution in [2.75, 3.05) is 16.1 Å². The van der Waals surface area contributed by atoms with Crippen molar-refractivity contribution in [3.63, 3.8) is 0 Å². The first-order valence-electron chi connectivity index (χ1n) is 11.8. The molecule has 0 bridgehead atoms. The number of benzene rings is 2. The van der Waals surface area contributed by atoms with Gasteiger partial charge in [0.2, 0.25) is 5.29 Å². The normalized spacial score (nSPS) is 18.3. The van der Waals surface area contributed by atoms with E-state index in [2.05, 4.69) is 43.1 Å². The first kappa shape index (κ1) is 26.9. The van der Waals surface area contributed by atoms with Crippen molar-refractivity contribution in [1.82, 2.24) is 9.97 Å². The van der Waals surface area contributed by atoms with E-state index in [9.17, 15) is 0 Å². The number of aliphatic imine (C=N–C) groups is 2. The molecule has 12 heteroatoms. The minimum Gasteiger partial charge on any atom is -0.289 e. The number of hydrogen-bond acceptors (Lipinski definition) is 11. The number of fused-ring (bicyclic) bond motifs is 2. The molecule has 0 N–H and O–H groups in total. The zero-order valence-corrected chi connectivity index (χ0v) is 23.9. The molecule has 0 saturated carbocycles. The van der Waals surface area contributed by atoms with Gasteiger partial charge < -0.3 is 0 Å². The third-order valence-electron chi connectivity index (χ3n) is 5.81. The van der Waals surface area contributed by atoms with Crippen LogP contribution in [0.5, 0.6) is 0 Å². The lowest BCUT2D eigenvalue weighted by Crippen LogP contribution is -2.39. The molecule has 0 amide bonds. The quantitative estimate of drug-likeness (QED) is 0.233. The Hall–Kier alpha value is -3.74. The third-order valence-corrected chi connectivity index (χ3v) is 8.83. The Morgan fingerprint density at radius 2 is 1.33 bits per heavy atom. The number of rotatable bonds is 4. The highest BCUT2D eigenvalue weighted by Crippen LogP contribution is 2.34. The van der Waals surface area contributed by atoms with Crippen molar-refractivity contribution in [1.29, 1.82) is 10.5 Å². The fourth-order valence-electron chi connectivity index (χ4n) is 4.01. The van der Waals surface area contributed by atoms with Crippen LogP contribution in [0.25, 0.3) is 20.4 Å². The molecule has 4 aromatic rings. The number of thioether (sulfide) groups is 1. The van der Waals surface area contributed by atoms with Crippen LogP contribution in [0.1, 0.15) is 12.8 Å². The second-order valence-corrected chi connectivity index (χ2v) is 11.4. The number of hydrogen-bond donors (Lipinski definition) is 0. The Balaban J connectivity index is 0.000000158. The highest BCUT2D eigenvalue weighted by molar-refractivity contribution is 8.13. The minimum atomic E-state index is -0.115. The van der Waals surface area contributed by atoms with Crippen molar-refractivity contribution in [3.8, 4) is 12.1 Å². The molecule has 4 heterocycles. The summed E-state index contributed by atoms with van der Waals surface area (Å²) in [6.45, 7) is 0. The third kappa shape index (κ3) is 5.82. The van der Waals surface area contributed by atoms with E-state index in [0.29, 0.717) is 18.1 Å². The average molecular weight is 589 g/mol. The number of aromatic nitrogens is 2. The summed E-state index contributed by atoms with van der Waals surface area (Å²) in [6.07, 6.45) is 9.98. The molecule has 2 aromatic carbocycles. The zero-order valence-electron chi connectivity index (χ0n) is 20.7. The summed E-state index contributed by atoms with van der Waals surface area (Å²) in [5.74, 6) is 0. The van der Waals surface area contributed by atoms with Crippen LogP contribution in [0.15, 0.2) is 83.1 Å². The summed E-state index contributed by atoms with van der Waals surface area (Å²) in [6, 6.07) is 20.2. The Kier molecular flexibility index (Phi) is 8.54. The molecule has 194 valence electrons. The van der Waals surface area contributed by atoms with Crippen LogP contribution < -0.4 is 9.80 Å². The summed E-state index contributed by atoms with van der Waals surface area (Å²) in [7, 11) is 0. The molecule has 2 atom stereocenters. The van der Waals surface area contributed by atoms with Gasteiger partial charge >= 0.3 is 0 Å². The first-order valence-corrected chi connectivity index (χ1v) is 15.1. The van der Waals surface area contributed by atoms with E-state index in [0.717, 1.165) is 35.9 Å². The largest absolute Gasteiger partial charge is 0.289 e. The topological polar surface area (TPSA) is 105 Å². The lowest BCUT2D eigenvalue weighted by molar-refractivity contribution is 0.807. The van der Waals surface area contributed by atoms with Crippen molar-refractivity contribution < 1.29 is 0 Å². The molecule has 0 saturated heterocycles. The lowest BCUT2D eigenvalue weighted by Gasteiger charge is -2.29. The summed E-state index contributed by atoms with van der Waals surface area (Å²) < 4.78 is 2.24. The number of anilines is 2. The predicted molar refractivity (Wildman–Crippen MR) is 165 cm³/mol. The summed E-state index contributed by atoms with van der Waals surface area (Å²) in [5.41, 5.74) is 1.91. The Morgan fingerprint density at radius 3 is 1.87 bits per heavy atom. The fraction of sp³-hybridized carbons (Fsp3) is 0.185. The van der Waals surface area contributed by atoms with E-state index >= 15 is 0 Å². The summed E-state index contributed by atoms with van der Waals surface area (Å²) in [4.78, 5) is 21.6. The van der Waals surface area contributed by atoms with Gasteiger partial charge in [0.15, 0.2) is 15.4 Å². The van der Waals surface area contributed by atoms with Gasteiger partial charge in [-0.2, -0.15) is 10.5 Å². The minimum absolute atomic E-state index is 0.000474. The molecule has 0 radical (unpaired) electrons. The molecular formula is C27H21ClN8S3. The van der Waals surface area contributed by atoms with Gasteiger partial charge in [-0.1, -0.05) is 58.7 Å². The smallest absolute Gasteiger partial charge is 0.205 e. The van der Waals surface area contributed by atoms with Crippen LogP contribution in [-0.4, -0.2) is 38.8 Å². The average Bonchev–Trinajstić information content (AvgIpc) is 3.58. The van der Waals surface area contributed by atoms with Crippen LogP contribution in [-0.2, 0) is 0 Å². The van der Waals surface area contributed by atoms with E-state index < -0.39 is 0 Å². The Labute approximate surface area is 242 Å². The van der Waals surface area contributed by atoms with Gasteiger partial charge in [0.1, 0.15) is 0 Å². The summed E-state index contributed by atoms with van der Waals surface area (Å²) >= 11 is 10.9. The molecule has 0 aliphatic carbocycles. The number of amidine groups is 2. The van der Waals surface area contributed by atoms with Gasteiger partial charge in [-0.15, -0.1) is 0 Å². The number of nitriles is 2. The van der Waals surface area contributed by atoms with Crippen molar-refractivity contribution in [2.45, 2.75) is 24.9 Å². The molecule has 0 spiro atoms. The van der Waals surface area contributed by atoms with Gasteiger partial charge in [-0.05, 0) is 54.3 Å². The maximum atomic E-state index is 9.01. The van der Waals surface area contributed by atoms with Crippen LogP contribution in [0, 0.1) is 22.7 Å². The maximum Gasteiger partial charge on any atom is 0.205 e. The molecule has 2 unspecified atom stereocenters. The molecule has 6 rings (SSSR count). The number of thiazole rings is 2. The molecule has 39 heavy (non-hydrogen) atoms. The maximum absolute atomic E-state index is 9.01. The SMILES string of the molecule is CSC1=NC=CC(CC#N)N1c1nc2ccccc2s1.N#CCC1C=CN=C(Cl)N1c1nc2ccccc2s1. The van der Waals surface area contributed by atoms with Crippen molar-refractivity contribution in [3.05, 3.63) is 73.1 Å². The van der Waals surface area contributed by atoms with E-state index in [1.54, 1.807) is 51.7 Å². The van der Waals surface area contributed by atoms with Gasteiger partial charge in [0.25, 0.3) is 0 Å². The highest BCUT2D eigenvalue weighted by Gasteiger charge is 2.27. The molecule has 2 aliphatic rings. The first-order chi connectivity index (χ1) is 19.1. The number of nitrogens with zero attached hydrogens (tertiary/aromatic N) is 8. The van der Waals surface area contributed by atoms with Crippen LogP contribution in [0.2, 0.25) is 0 Å². The molecule has 0 fully saturated rings. The van der Waals surface area contributed by atoms with Crippen LogP contribution >= 0.6 is 46.0 Å². The standard InChI is InChI=1S/C14H12N4S2.C13H9ClN4S/c1-19-13-16-9-7-10(6-8-15)18(13)14-17-11-4-2-3-5-12(11)20-14;14-12-16-8-6-9(5-7-15)18(12)13-17-10-3-1-2-4-11(10)19-13/h2-5,7,9-10H,6H2,1H3;1-4,6,8-9H,5H2. The lowest BCUT2D eigenvalue weighted by atomic mass is 10.2. The number of halogens is 1. The van der Waals surface area contributed by atoms with Gasteiger partial charge in [-0.3, -0.25) is 9.80 Å². The Bertz CT molecular complexity index is 1620. The fourth-order valence-corrected chi connectivity index (χ4v) is 7.02. The van der Waals surface area contributed by atoms with E-state index in [-0.39, 0.29) is 12.1 Å². The van der Waals surface area contributed by atoms with Crippen LogP contribution in [0.4, 0.5) is 10.3 Å². The molecule has 2 aromatic heterocycles. The molecular weight excluding hydrogens is 568 g/mol. The second kappa shape index (κ2) is 12.4. The number of para-hydroxylation sites is 2. The van der Waals surface area contributed by atoms with Gasteiger partial charge in [0, 0.05) is 12.4 Å². The van der Waals surface area contributed by atoms with E-state index in [1.807, 2.05) is 60.9 Å². The van der Waals surface area contributed by atoms with E-state index in [1.165, 1.54) is 0 Å². The van der Waals surface area contributed by atoms with Gasteiger partial charge in [0.05, 0.1) is 57.5 Å². The van der Waals surface area contributed by atoms with Gasteiger partial charge in [-0.25, -0.2) is 20.0 Å².